The number of hydrogen-bond acceptors (Lipinski definition) is 2. The van der Waals surface area contributed by atoms with E-state index in [4.69, 9.17) is 16.3 Å². The van der Waals surface area contributed by atoms with E-state index in [1.54, 1.807) is 0 Å². The second kappa shape index (κ2) is 13.9. The third-order valence-corrected chi connectivity index (χ3v) is 3.59. The summed E-state index contributed by atoms with van der Waals surface area (Å²) in [6.45, 7) is 8.10. The Morgan fingerprint density at radius 1 is 1.26 bits per heavy atom. The smallest absolute Gasteiger partial charge is 0.193 e. The molecule has 1 N–H and O–H groups in total. The molecule has 0 atom stereocenters. The van der Waals surface area contributed by atoms with E-state index in [1.807, 2.05) is 38.2 Å². The van der Waals surface area contributed by atoms with E-state index in [2.05, 4.69) is 22.1 Å². The van der Waals surface area contributed by atoms with Gasteiger partial charge in [-0.05, 0) is 38.3 Å². The molecule has 0 radical (unpaired) electrons. The molecule has 0 saturated heterocycles. The van der Waals surface area contributed by atoms with E-state index in [0.717, 1.165) is 62.2 Å². The number of rotatable bonds is 9. The van der Waals surface area contributed by atoms with Crippen molar-refractivity contribution in [3.8, 4) is 0 Å². The Kier molecular flexibility index (Phi) is 13.5. The van der Waals surface area contributed by atoms with Gasteiger partial charge in [0.05, 0.1) is 0 Å². The minimum Gasteiger partial charge on any atom is -0.382 e. The van der Waals surface area contributed by atoms with Crippen molar-refractivity contribution in [3.05, 3.63) is 34.9 Å². The fourth-order valence-corrected chi connectivity index (χ4v) is 2.27. The van der Waals surface area contributed by atoms with E-state index in [0.29, 0.717) is 0 Å². The number of ether oxygens (including phenoxy) is 1. The van der Waals surface area contributed by atoms with Crippen LogP contribution >= 0.6 is 35.6 Å². The summed E-state index contributed by atoms with van der Waals surface area (Å²) in [5.41, 5.74) is 1.11. The van der Waals surface area contributed by atoms with Crippen molar-refractivity contribution in [2.75, 3.05) is 33.4 Å². The molecule has 0 aliphatic heterocycles. The number of nitrogens with zero attached hydrogens (tertiary/aromatic N) is 2. The van der Waals surface area contributed by atoms with Gasteiger partial charge in [0.25, 0.3) is 0 Å². The fraction of sp³-hybridized carbons (Fsp3) is 0.588. The highest BCUT2D eigenvalue weighted by molar-refractivity contribution is 14.0. The number of benzene rings is 1. The summed E-state index contributed by atoms with van der Waals surface area (Å²) in [6, 6.07) is 7.92. The normalized spacial score (nSPS) is 11.0. The summed E-state index contributed by atoms with van der Waals surface area (Å²) in [4.78, 5) is 6.77. The number of nitrogens with one attached hydrogen (secondary N) is 1. The molecule has 0 fully saturated rings. The van der Waals surface area contributed by atoms with Gasteiger partial charge in [-0.2, -0.15) is 0 Å². The SMILES string of the molecule is CCNC(=NCCCCOCC)N(C)Cc1ccccc1Cl.I. The highest BCUT2D eigenvalue weighted by Gasteiger charge is 2.08. The van der Waals surface area contributed by atoms with E-state index >= 15 is 0 Å². The topological polar surface area (TPSA) is 36.9 Å². The van der Waals surface area contributed by atoms with Gasteiger partial charge in [0, 0.05) is 44.9 Å². The summed E-state index contributed by atoms with van der Waals surface area (Å²) in [7, 11) is 2.03. The van der Waals surface area contributed by atoms with Crippen LogP contribution in [0.5, 0.6) is 0 Å². The number of unbranched alkanes of at least 4 members (excludes halogenated alkanes) is 1. The molecule has 0 unspecified atom stereocenters. The van der Waals surface area contributed by atoms with Gasteiger partial charge in [-0.1, -0.05) is 29.8 Å². The van der Waals surface area contributed by atoms with Gasteiger partial charge < -0.3 is 15.0 Å². The maximum atomic E-state index is 6.22. The zero-order valence-corrected chi connectivity index (χ0v) is 17.4. The van der Waals surface area contributed by atoms with Crippen LogP contribution in [0.1, 0.15) is 32.3 Å². The molecule has 0 aliphatic carbocycles. The first-order chi connectivity index (χ1) is 10.7. The molecular formula is C17H29ClIN3O. The predicted octanol–water partition coefficient (Wildman–Crippen LogP) is 4.17. The van der Waals surface area contributed by atoms with Crippen molar-refractivity contribution >= 4 is 41.5 Å². The van der Waals surface area contributed by atoms with Crippen LogP contribution in [0.4, 0.5) is 0 Å². The number of halogens is 2. The van der Waals surface area contributed by atoms with Crippen molar-refractivity contribution in [1.29, 1.82) is 0 Å². The van der Waals surface area contributed by atoms with Gasteiger partial charge in [-0.15, -0.1) is 24.0 Å². The van der Waals surface area contributed by atoms with E-state index in [1.165, 1.54) is 0 Å². The van der Waals surface area contributed by atoms with Crippen molar-refractivity contribution in [1.82, 2.24) is 10.2 Å². The molecule has 1 aromatic rings. The van der Waals surface area contributed by atoms with Gasteiger partial charge >= 0.3 is 0 Å². The number of guanidine groups is 1. The Labute approximate surface area is 162 Å². The molecule has 0 heterocycles. The van der Waals surface area contributed by atoms with Gasteiger partial charge in [0.15, 0.2) is 5.96 Å². The van der Waals surface area contributed by atoms with Gasteiger partial charge in [0.1, 0.15) is 0 Å². The lowest BCUT2D eigenvalue weighted by Crippen LogP contribution is -2.38. The zero-order chi connectivity index (χ0) is 16.2. The van der Waals surface area contributed by atoms with Crippen molar-refractivity contribution < 1.29 is 4.74 Å². The molecule has 1 aromatic carbocycles. The van der Waals surface area contributed by atoms with Crippen molar-refractivity contribution in [3.63, 3.8) is 0 Å². The first-order valence-corrected chi connectivity index (χ1v) is 8.37. The molecule has 23 heavy (non-hydrogen) atoms. The molecule has 0 spiro atoms. The van der Waals surface area contributed by atoms with E-state index in [-0.39, 0.29) is 24.0 Å². The summed E-state index contributed by atoms with van der Waals surface area (Å²) >= 11 is 6.22. The molecule has 132 valence electrons. The Bertz CT molecular complexity index is 457. The maximum absolute atomic E-state index is 6.22. The van der Waals surface area contributed by atoms with Crippen LogP contribution in [0, 0.1) is 0 Å². The first kappa shape index (κ1) is 22.5. The molecule has 0 saturated carbocycles. The van der Waals surface area contributed by atoms with E-state index < -0.39 is 0 Å². The molecule has 1 rings (SSSR count). The summed E-state index contributed by atoms with van der Waals surface area (Å²) < 4.78 is 5.34. The number of aliphatic imine (C=N–C) groups is 1. The Morgan fingerprint density at radius 3 is 2.65 bits per heavy atom. The Balaban J connectivity index is 0.00000484. The van der Waals surface area contributed by atoms with Crippen LogP contribution in [0.25, 0.3) is 0 Å². The Hall–Kier alpha value is -0.530. The van der Waals surface area contributed by atoms with E-state index in [9.17, 15) is 0 Å². The highest BCUT2D eigenvalue weighted by atomic mass is 127. The molecule has 0 aliphatic rings. The van der Waals surface area contributed by atoms with Gasteiger partial charge in [-0.25, -0.2) is 0 Å². The molecule has 0 aromatic heterocycles. The quantitative estimate of drug-likeness (QED) is 0.264. The molecule has 0 bridgehead atoms. The summed E-state index contributed by atoms with van der Waals surface area (Å²) in [5, 5.41) is 4.12. The van der Waals surface area contributed by atoms with Crippen LogP contribution in [0.2, 0.25) is 5.02 Å². The standard InChI is InChI=1S/C17H28ClN3O.HI/c1-4-19-17(20-12-8-9-13-22-5-2)21(3)14-15-10-6-7-11-16(15)18;/h6-7,10-11H,4-5,8-9,12-14H2,1-3H3,(H,19,20);1H. The van der Waals surface area contributed by atoms with Crippen LogP contribution in [-0.2, 0) is 11.3 Å². The maximum Gasteiger partial charge on any atom is 0.193 e. The summed E-state index contributed by atoms with van der Waals surface area (Å²) in [5.74, 6) is 0.916. The van der Waals surface area contributed by atoms with Crippen LogP contribution in [0.15, 0.2) is 29.3 Å². The predicted molar refractivity (Wildman–Crippen MR) is 110 cm³/mol. The van der Waals surface area contributed by atoms with Crippen LogP contribution in [-0.4, -0.2) is 44.2 Å². The lowest BCUT2D eigenvalue weighted by molar-refractivity contribution is 0.144. The van der Waals surface area contributed by atoms with Gasteiger partial charge in [0.2, 0.25) is 0 Å². The number of hydrogen-bond donors (Lipinski definition) is 1. The average molecular weight is 454 g/mol. The second-order valence-electron chi connectivity index (χ2n) is 5.09. The monoisotopic (exact) mass is 453 g/mol. The molecule has 0 amide bonds. The second-order valence-corrected chi connectivity index (χ2v) is 5.49. The summed E-state index contributed by atoms with van der Waals surface area (Å²) in [6.07, 6.45) is 2.08. The van der Waals surface area contributed by atoms with Crippen LogP contribution in [0.3, 0.4) is 0 Å². The van der Waals surface area contributed by atoms with Crippen LogP contribution < -0.4 is 5.32 Å². The highest BCUT2D eigenvalue weighted by Crippen LogP contribution is 2.16. The Morgan fingerprint density at radius 2 is 2.00 bits per heavy atom. The first-order valence-electron chi connectivity index (χ1n) is 7.99. The fourth-order valence-electron chi connectivity index (χ4n) is 2.07. The lowest BCUT2D eigenvalue weighted by Gasteiger charge is -2.22. The molecule has 6 heteroatoms. The zero-order valence-electron chi connectivity index (χ0n) is 14.3. The molecule has 4 nitrogen and oxygen atoms in total. The van der Waals surface area contributed by atoms with Crippen molar-refractivity contribution in [2.45, 2.75) is 33.2 Å². The minimum absolute atomic E-state index is 0. The van der Waals surface area contributed by atoms with Crippen molar-refractivity contribution in [2.24, 2.45) is 4.99 Å². The largest absolute Gasteiger partial charge is 0.382 e. The minimum atomic E-state index is 0. The third kappa shape index (κ3) is 9.37. The molecular weight excluding hydrogens is 425 g/mol. The average Bonchev–Trinajstić information content (AvgIpc) is 2.51. The lowest BCUT2D eigenvalue weighted by atomic mass is 10.2. The van der Waals surface area contributed by atoms with Gasteiger partial charge in [-0.3, -0.25) is 4.99 Å². The third-order valence-electron chi connectivity index (χ3n) is 3.22.